The lowest BCUT2D eigenvalue weighted by molar-refractivity contribution is 0.0879. The van der Waals surface area contributed by atoms with E-state index in [-0.39, 0.29) is 11.6 Å². The molecule has 2 atom stereocenters. The molecule has 2 heterocycles. The van der Waals surface area contributed by atoms with Crippen LogP contribution in [0.5, 0.6) is 0 Å². The molecule has 4 aromatic rings. The standard InChI is InChI=1S/C24H20F2N4O2S/c1-30-17-8-9-33-19(17)11-18(30)23(31)28-16-10-12-4-2-3-5-13(12)22(16)29-24(32)20-14(25)6-7-15(27)21(20)26/h2-9,11,16,22H,10,27H2,1H3,(H,28,31)(H,29,32)/t16-,22-/m1/s1. The van der Waals surface area contributed by atoms with Crippen molar-refractivity contribution in [2.45, 2.75) is 18.5 Å². The molecule has 0 aliphatic heterocycles. The van der Waals surface area contributed by atoms with E-state index in [9.17, 15) is 18.4 Å². The van der Waals surface area contributed by atoms with Crippen molar-refractivity contribution in [2.75, 3.05) is 5.73 Å². The summed E-state index contributed by atoms with van der Waals surface area (Å²) in [5, 5.41) is 7.67. The van der Waals surface area contributed by atoms with Gasteiger partial charge in [0.1, 0.15) is 17.1 Å². The van der Waals surface area contributed by atoms with Crippen LogP contribution in [0.1, 0.15) is 38.0 Å². The Hall–Kier alpha value is -3.72. The number of carbonyl (C=O) groups excluding carboxylic acids is 2. The van der Waals surface area contributed by atoms with Crippen LogP contribution in [0.3, 0.4) is 0 Å². The van der Waals surface area contributed by atoms with Crippen molar-refractivity contribution in [3.05, 3.63) is 87.9 Å². The first-order valence-corrected chi connectivity index (χ1v) is 11.2. The molecule has 9 heteroatoms. The smallest absolute Gasteiger partial charge is 0.268 e. The summed E-state index contributed by atoms with van der Waals surface area (Å²) in [6.45, 7) is 0. The van der Waals surface area contributed by atoms with Crippen molar-refractivity contribution in [2.24, 2.45) is 7.05 Å². The average Bonchev–Trinajstić information content (AvgIpc) is 3.47. The van der Waals surface area contributed by atoms with Gasteiger partial charge in [0.05, 0.1) is 28.0 Å². The number of nitrogens with two attached hydrogens (primary N) is 1. The molecule has 0 saturated carbocycles. The zero-order valence-corrected chi connectivity index (χ0v) is 18.4. The average molecular weight is 467 g/mol. The van der Waals surface area contributed by atoms with Crippen LogP contribution in [-0.4, -0.2) is 22.4 Å². The molecular formula is C24H20F2N4O2S. The lowest BCUT2D eigenvalue weighted by Gasteiger charge is -2.23. The van der Waals surface area contributed by atoms with Gasteiger partial charge in [-0.2, -0.15) is 0 Å². The second-order valence-electron chi connectivity index (χ2n) is 8.02. The number of hydrogen-bond acceptors (Lipinski definition) is 4. The predicted octanol–water partition coefficient (Wildman–Crippen LogP) is 3.93. The van der Waals surface area contributed by atoms with Crippen LogP contribution in [0, 0.1) is 11.6 Å². The second kappa shape index (κ2) is 8.00. The number of fused-ring (bicyclic) bond motifs is 2. The van der Waals surface area contributed by atoms with Crippen LogP contribution in [0.2, 0.25) is 0 Å². The zero-order chi connectivity index (χ0) is 23.3. The van der Waals surface area contributed by atoms with Gasteiger partial charge in [0, 0.05) is 7.05 Å². The number of carbonyl (C=O) groups is 2. The lowest BCUT2D eigenvalue weighted by Crippen LogP contribution is -2.45. The third-order valence-corrected chi connectivity index (χ3v) is 6.93. The summed E-state index contributed by atoms with van der Waals surface area (Å²) in [4.78, 5) is 26.0. The van der Waals surface area contributed by atoms with E-state index in [1.807, 2.05) is 53.4 Å². The number of nitrogens with zero attached hydrogens (tertiary/aromatic N) is 1. The van der Waals surface area contributed by atoms with Gasteiger partial charge < -0.3 is 20.9 Å². The largest absolute Gasteiger partial charge is 0.396 e. The Kier molecular flexibility index (Phi) is 5.13. The summed E-state index contributed by atoms with van der Waals surface area (Å²) in [6.07, 6.45) is 0.466. The zero-order valence-electron chi connectivity index (χ0n) is 17.6. The van der Waals surface area contributed by atoms with Crippen LogP contribution in [0.15, 0.2) is 53.9 Å². The molecule has 0 saturated heterocycles. The van der Waals surface area contributed by atoms with Gasteiger partial charge in [0.25, 0.3) is 11.8 Å². The minimum absolute atomic E-state index is 0.292. The third kappa shape index (κ3) is 3.54. The predicted molar refractivity (Wildman–Crippen MR) is 123 cm³/mol. The fraction of sp³-hybridized carbons (Fsp3) is 0.167. The van der Waals surface area contributed by atoms with Crippen LogP contribution in [0.25, 0.3) is 10.2 Å². The van der Waals surface area contributed by atoms with E-state index in [2.05, 4.69) is 10.6 Å². The fourth-order valence-corrected chi connectivity index (χ4v) is 5.26. The maximum Gasteiger partial charge on any atom is 0.268 e. The fourth-order valence-electron chi connectivity index (χ4n) is 4.41. The van der Waals surface area contributed by atoms with Crippen LogP contribution in [0.4, 0.5) is 14.5 Å². The molecule has 168 valence electrons. The summed E-state index contributed by atoms with van der Waals surface area (Å²) in [6, 6.07) is 12.0. The van der Waals surface area contributed by atoms with E-state index < -0.39 is 35.2 Å². The van der Waals surface area contributed by atoms with Gasteiger partial charge >= 0.3 is 0 Å². The number of halogens is 2. The lowest BCUT2D eigenvalue weighted by atomic mass is 10.1. The van der Waals surface area contributed by atoms with Gasteiger partial charge in [0.15, 0.2) is 5.82 Å². The number of nitrogens with one attached hydrogen (secondary N) is 2. The van der Waals surface area contributed by atoms with Crippen molar-refractivity contribution in [3.63, 3.8) is 0 Å². The molecule has 4 N–H and O–H groups in total. The highest BCUT2D eigenvalue weighted by atomic mass is 32.1. The molecular weight excluding hydrogens is 446 g/mol. The maximum atomic E-state index is 14.4. The summed E-state index contributed by atoms with van der Waals surface area (Å²) in [5.41, 5.74) is 7.64. The van der Waals surface area contributed by atoms with E-state index in [0.717, 1.165) is 33.5 Å². The monoisotopic (exact) mass is 466 g/mol. The summed E-state index contributed by atoms with van der Waals surface area (Å²) in [5.74, 6) is -3.34. The number of hydrogen-bond donors (Lipinski definition) is 3. The molecule has 33 heavy (non-hydrogen) atoms. The van der Waals surface area contributed by atoms with Crippen LogP contribution < -0.4 is 16.4 Å². The number of aromatic nitrogens is 1. The Morgan fingerprint density at radius 2 is 1.88 bits per heavy atom. The van der Waals surface area contributed by atoms with Crippen molar-refractivity contribution in [1.29, 1.82) is 0 Å². The molecule has 0 unspecified atom stereocenters. The minimum Gasteiger partial charge on any atom is -0.396 e. The van der Waals surface area contributed by atoms with E-state index in [4.69, 9.17) is 5.73 Å². The first-order valence-electron chi connectivity index (χ1n) is 10.3. The molecule has 2 aromatic carbocycles. The normalized spacial score (nSPS) is 17.2. The molecule has 1 aliphatic rings. The van der Waals surface area contributed by atoms with Crippen LogP contribution >= 0.6 is 11.3 Å². The van der Waals surface area contributed by atoms with Crippen molar-refractivity contribution >= 4 is 39.1 Å². The van der Waals surface area contributed by atoms with Crippen LogP contribution in [-0.2, 0) is 13.5 Å². The van der Waals surface area contributed by atoms with E-state index in [0.29, 0.717) is 12.1 Å². The number of amides is 2. The molecule has 2 amide bonds. The summed E-state index contributed by atoms with van der Waals surface area (Å²) >= 11 is 1.54. The number of aryl methyl sites for hydroxylation is 1. The topological polar surface area (TPSA) is 89.2 Å². The molecule has 0 bridgehead atoms. The Morgan fingerprint density at radius 3 is 2.67 bits per heavy atom. The molecule has 2 aromatic heterocycles. The van der Waals surface area contributed by atoms with E-state index >= 15 is 0 Å². The number of nitrogen functional groups attached to an aromatic ring is 1. The van der Waals surface area contributed by atoms with Gasteiger partial charge in [-0.15, -0.1) is 11.3 Å². The van der Waals surface area contributed by atoms with Gasteiger partial charge in [-0.25, -0.2) is 8.78 Å². The van der Waals surface area contributed by atoms with Crippen molar-refractivity contribution in [3.8, 4) is 0 Å². The Labute approximate surface area is 192 Å². The SMILES string of the molecule is Cn1c(C(=O)N[C@@H]2Cc3ccccc3[C@H]2NC(=O)c2c(F)ccc(N)c2F)cc2sccc21. The highest BCUT2D eigenvalue weighted by molar-refractivity contribution is 7.17. The van der Waals surface area contributed by atoms with Gasteiger partial charge in [-0.05, 0) is 47.2 Å². The summed E-state index contributed by atoms with van der Waals surface area (Å²) in [7, 11) is 1.82. The molecule has 0 spiro atoms. The van der Waals surface area contributed by atoms with Gasteiger partial charge in [-0.3, -0.25) is 9.59 Å². The molecule has 0 radical (unpaired) electrons. The Morgan fingerprint density at radius 1 is 1.09 bits per heavy atom. The number of anilines is 1. The highest BCUT2D eigenvalue weighted by Crippen LogP contribution is 2.33. The van der Waals surface area contributed by atoms with E-state index in [1.165, 1.54) is 0 Å². The molecule has 6 nitrogen and oxygen atoms in total. The number of benzene rings is 2. The molecule has 5 rings (SSSR count). The quantitative estimate of drug-likeness (QED) is 0.398. The third-order valence-electron chi connectivity index (χ3n) is 6.08. The molecule has 1 aliphatic carbocycles. The molecule has 0 fully saturated rings. The highest BCUT2D eigenvalue weighted by Gasteiger charge is 2.36. The van der Waals surface area contributed by atoms with Crippen molar-refractivity contribution in [1.82, 2.24) is 15.2 Å². The number of rotatable bonds is 4. The number of thiophene rings is 1. The first-order chi connectivity index (χ1) is 15.8. The van der Waals surface area contributed by atoms with E-state index in [1.54, 1.807) is 11.3 Å². The van der Waals surface area contributed by atoms with Gasteiger partial charge in [-0.1, -0.05) is 24.3 Å². The Bertz CT molecular complexity index is 1410. The minimum atomic E-state index is -1.11. The summed E-state index contributed by atoms with van der Waals surface area (Å²) < 4.78 is 31.5. The first kappa shape index (κ1) is 21.1. The maximum absolute atomic E-state index is 14.4. The van der Waals surface area contributed by atoms with Crippen molar-refractivity contribution < 1.29 is 18.4 Å². The Balaban J connectivity index is 1.44. The van der Waals surface area contributed by atoms with Gasteiger partial charge in [0.2, 0.25) is 0 Å². The second-order valence-corrected chi connectivity index (χ2v) is 8.97.